The molecule has 1 rings (SSSR count). The normalized spacial score (nSPS) is 11.8. The van der Waals surface area contributed by atoms with Gasteiger partial charge in [0.2, 0.25) is 0 Å². The Morgan fingerprint density at radius 3 is 3.07 bits per heavy atom. The maximum absolute atomic E-state index is 10.6. The highest BCUT2D eigenvalue weighted by molar-refractivity contribution is 6.30. The highest BCUT2D eigenvalue weighted by atomic mass is 35.5. The zero-order valence-corrected chi connectivity index (χ0v) is 8.78. The zero-order chi connectivity index (χ0) is 11.3. The summed E-state index contributed by atoms with van der Waals surface area (Å²) in [4.78, 5) is 14.7. The van der Waals surface area contributed by atoms with Crippen molar-refractivity contribution in [2.45, 2.75) is 12.5 Å². The number of ether oxygens (including phenoxy) is 1. The molecule has 4 nitrogen and oxygen atoms in total. The van der Waals surface area contributed by atoms with Crippen molar-refractivity contribution < 1.29 is 9.53 Å². The van der Waals surface area contributed by atoms with E-state index >= 15 is 0 Å². The minimum atomic E-state index is -0.844. The van der Waals surface area contributed by atoms with Gasteiger partial charge in [0.25, 0.3) is 0 Å². The molecule has 0 bridgehead atoms. The third kappa shape index (κ3) is 3.59. The monoisotopic (exact) mass is 226 g/mol. The molecule has 0 saturated heterocycles. The Bertz CT molecular complexity index is 368. The van der Waals surface area contributed by atoms with Gasteiger partial charge in [-0.15, -0.1) is 6.58 Å². The molecule has 0 fully saturated rings. The van der Waals surface area contributed by atoms with E-state index < -0.39 is 12.2 Å². The number of nitrogens with two attached hydrogens (primary N) is 1. The molecule has 5 heteroatoms. The molecule has 0 aliphatic heterocycles. The van der Waals surface area contributed by atoms with Crippen LogP contribution in [0, 0.1) is 0 Å². The predicted molar refractivity (Wildman–Crippen MR) is 57.5 cm³/mol. The van der Waals surface area contributed by atoms with Gasteiger partial charge in [0, 0.05) is 17.6 Å². The Labute approximate surface area is 92.7 Å². The van der Waals surface area contributed by atoms with E-state index in [0.717, 1.165) is 0 Å². The number of primary amides is 1. The number of halogens is 1. The summed E-state index contributed by atoms with van der Waals surface area (Å²) in [6.07, 6.45) is 2.23. The second kappa shape index (κ2) is 5.36. The summed E-state index contributed by atoms with van der Waals surface area (Å²) in [6.45, 7) is 3.56. The van der Waals surface area contributed by atoms with Gasteiger partial charge in [0.1, 0.15) is 6.10 Å². The van der Waals surface area contributed by atoms with Gasteiger partial charge in [-0.25, -0.2) is 4.79 Å². The molecule has 0 radical (unpaired) electrons. The number of aromatic nitrogens is 1. The molecule has 0 aromatic carbocycles. The van der Waals surface area contributed by atoms with E-state index in [1.165, 1.54) is 6.20 Å². The Hall–Kier alpha value is -1.55. The Balaban J connectivity index is 2.87. The van der Waals surface area contributed by atoms with Crippen molar-refractivity contribution in [3.8, 4) is 0 Å². The molecule has 1 atom stereocenters. The van der Waals surface area contributed by atoms with Crippen molar-refractivity contribution in [1.82, 2.24) is 4.98 Å². The molecule has 0 saturated carbocycles. The van der Waals surface area contributed by atoms with E-state index in [2.05, 4.69) is 11.6 Å². The van der Waals surface area contributed by atoms with Crippen LogP contribution in [0.25, 0.3) is 0 Å². The van der Waals surface area contributed by atoms with Crippen molar-refractivity contribution in [1.29, 1.82) is 0 Å². The van der Waals surface area contributed by atoms with Gasteiger partial charge in [-0.2, -0.15) is 0 Å². The molecular formula is C10H11ClN2O2. The Morgan fingerprint density at radius 1 is 1.80 bits per heavy atom. The highest BCUT2D eigenvalue weighted by Gasteiger charge is 2.15. The van der Waals surface area contributed by atoms with E-state index in [4.69, 9.17) is 22.1 Å². The van der Waals surface area contributed by atoms with Crippen molar-refractivity contribution >= 4 is 17.7 Å². The molecular weight excluding hydrogens is 216 g/mol. The first kappa shape index (κ1) is 11.5. The van der Waals surface area contributed by atoms with E-state index in [0.29, 0.717) is 17.1 Å². The van der Waals surface area contributed by atoms with Crippen molar-refractivity contribution in [3.63, 3.8) is 0 Å². The van der Waals surface area contributed by atoms with Crippen molar-refractivity contribution in [2.75, 3.05) is 0 Å². The molecule has 1 aromatic heterocycles. The molecule has 1 aromatic rings. The highest BCUT2D eigenvalue weighted by Crippen LogP contribution is 2.21. The van der Waals surface area contributed by atoms with Gasteiger partial charge in [0.05, 0.1) is 5.69 Å². The lowest BCUT2D eigenvalue weighted by molar-refractivity contribution is 0.106. The molecule has 0 aliphatic rings. The second-order valence-corrected chi connectivity index (χ2v) is 3.29. The van der Waals surface area contributed by atoms with Crippen LogP contribution in [-0.2, 0) is 4.74 Å². The van der Waals surface area contributed by atoms with Gasteiger partial charge in [0.15, 0.2) is 0 Å². The van der Waals surface area contributed by atoms with Crippen LogP contribution in [-0.4, -0.2) is 11.1 Å². The molecule has 1 unspecified atom stereocenters. The molecule has 0 spiro atoms. The Morgan fingerprint density at radius 2 is 2.53 bits per heavy atom. The molecule has 1 heterocycles. The number of hydrogen-bond acceptors (Lipinski definition) is 3. The minimum absolute atomic E-state index is 0.441. The topological polar surface area (TPSA) is 65.2 Å². The Kier molecular flexibility index (Phi) is 4.12. The second-order valence-electron chi connectivity index (χ2n) is 2.85. The first-order chi connectivity index (χ1) is 7.13. The van der Waals surface area contributed by atoms with Crippen LogP contribution in [0.5, 0.6) is 0 Å². The van der Waals surface area contributed by atoms with E-state index in [1.54, 1.807) is 18.2 Å². The largest absolute Gasteiger partial charge is 0.440 e. The van der Waals surface area contributed by atoms with Crippen LogP contribution in [0.3, 0.4) is 0 Å². The summed E-state index contributed by atoms with van der Waals surface area (Å²) < 4.78 is 4.88. The van der Waals surface area contributed by atoms with E-state index in [9.17, 15) is 4.79 Å². The SMILES string of the molecule is C=CCC(OC(N)=O)c1cc(Cl)ccn1. The molecule has 2 N–H and O–H groups in total. The zero-order valence-electron chi connectivity index (χ0n) is 8.02. The summed E-state index contributed by atoms with van der Waals surface area (Å²) in [5, 5.41) is 0.530. The lowest BCUT2D eigenvalue weighted by atomic mass is 10.1. The summed E-state index contributed by atoms with van der Waals surface area (Å²) >= 11 is 5.79. The van der Waals surface area contributed by atoms with Crippen molar-refractivity contribution in [3.05, 3.63) is 41.7 Å². The minimum Gasteiger partial charge on any atom is -0.440 e. The van der Waals surface area contributed by atoms with Crippen molar-refractivity contribution in [2.24, 2.45) is 5.73 Å². The van der Waals surface area contributed by atoms with E-state index in [1.807, 2.05) is 0 Å². The third-order valence-corrected chi connectivity index (χ3v) is 1.95. The number of hydrogen-bond donors (Lipinski definition) is 1. The lowest BCUT2D eigenvalue weighted by Gasteiger charge is -2.14. The van der Waals surface area contributed by atoms with E-state index in [-0.39, 0.29) is 0 Å². The van der Waals surface area contributed by atoms with Crippen LogP contribution in [0.1, 0.15) is 18.2 Å². The van der Waals surface area contributed by atoms with Crippen LogP contribution in [0.4, 0.5) is 4.79 Å². The fourth-order valence-corrected chi connectivity index (χ4v) is 1.29. The van der Waals surface area contributed by atoms with Gasteiger partial charge < -0.3 is 10.5 Å². The number of carbonyl (C=O) groups excluding carboxylic acids is 1. The summed E-state index contributed by atoms with van der Waals surface area (Å²) in [5.74, 6) is 0. The van der Waals surface area contributed by atoms with Crippen LogP contribution < -0.4 is 5.73 Å². The van der Waals surface area contributed by atoms with Crippen LogP contribution >= 0.6 is 11.6 Å². The number of amides is 1. The first-order valence-electron chi connectivity index (χ1n) is 4.32. The predicted octanol–water partition coefficient (Wildman–Crippen LogP) is 2.45. The van der Waals surface area contributed by atoms with Crippen LogP contribution in [0.15, 0.2) is 31.0 Å². The molecule has 15 heavy (non-hydrogen) atoms. The summed E-state index contributed by atoms with van der Waals surface area (Å²) in [7, 11) is 0. The lowest BCUT2D eigenvalue weighted by Crippen LogP contribution is -2.17. The van der Waals surface area contributed by atoms with Gasteiger partial charge in [-0.3, -0.25) is 4.98 Å². The fourth-order valence-electron chi connectivity index (χ4n) is 1.12. The summed E-state index contributed by atoms with van der Waals surface area (Å²) in [5.41, 5.74) is 5.50. The maximum atomic E-state index is 10.6. The number of nitrogens with zero attached hydrogens (tertiary/aromatic N) is 1. The van der Waals surface area contributed by atoms with Crippen LogP contribution in [0.2, 0.25) is 5.02 Å². The number of rotatable bonds is 4. The van der Waals surface area contributed by atoms with Gasteiger partial charge in [-0.1, -0.05) is 17.7 Å². The standard InChI is InChI=1S/C10H11ClN2O2/c1-2-3-9(15-10(12)14)8-6-7(11)4-5-13-8/h2,4-6,9H,1,3H2,(H2,12,14). The number of pyridine rings is 1. The summed E-state index contributed by atoms with van der Waals surface area (Å²) in [6, 6.07) is 3.26. The van der Waals surface area contributed by atoms with Gasteiger partial charge >= 0.3 is 6.09 Å². The fraction of sp³-hybridized carbons (Fsp3) is 0.200. The third-order valence-electron chi connectivity index (χ3n) is 1.71. The maximum Gasteiger partial charge on any atom is 0.405 e. The quantitative estimate of drug-likeness (QED) is 0.802. The van der Waals surface area contributed by atoms with Gasteiger partial charge in [-0.05, 0) is 12.1 Å². The molecule has 80 valence electrons. The average Bonchev–Trinajstić information content (AvgIpc) is 2.16. The number of carbonyl (C=O) groups is 1. The average molecular weight is 227 g/mol. The molecule has 1 amide bonds. The molecule has 0 aliphatic carbocycles. The first-order valence-corrected chi connectivity index (χ1v) is 4.69. The smallest absolute Gasteiger partial charge is 0.405 e.